The summed E-state index contributed by atoms with van der Waals surface area (Å²) in [5.41, 5.74) is 3.44. The molecule has 3 nitrogen and oxygen atoms in total. The van der Waals surface area contributed by atoms with Gasteiger partial charge in [-0.2, -0.15) is 0 Å². The number of hydrogen-bond donors (Lipinski definition) is 2. The maximum atomic E-state index is 12.0. The van der Waals surface area contributed by atoms with Crippen molar-refractivity contribution in [3.05, 3.63) is 65.7 Å². The smallest absolute Gasteiger partial charge is 0.230 e. The van der Waals surface area contributed by atoms with Crippen LogP contribution in [0.15, 0.2) is 54.6 Å². The maximum absolute atomic E-state index is 12.0. The molecule has 0 unspecified atom stereocenters. The predicted octanol–water partition coefficient (Wildman–Crippen LogP) is 2.90. The van der Waals surface area contributed by atoms with Crippen molar-refractivity contribution in [2.75, 3.05) is 11.9 Å². The molecule has 2 rings (SSSR count). The molecule has 1 atom stereocenters. The predicted molar refractivity (Wildman–Crippen MR) is 90.7 cm³/mol. The Labute approximate surface area is 132 Å². The number of rotatable bonds is 7. The molecule has 0 saturated carbocycles. The maximum Gasteiger partial charge on any atom is 0.230 e. The molecule has 3 N–H and O–H groups in total. The van der Waals surface area contributed by atoms with Crippen LogP contribution in [0.4, 0.5) is 5.69 Å². The number of quaternary nitrogens is 1. The fourth-order valence-corrected chi connectivity index (χ4v) is 2.40. The standard InChI is InChI=1S/C19H24N2O/c1-3-16-9-11-18(12-10-16)21-19(22)13-14-20-15(2)17-7-5-4-6-8-17/h4-12,15,20H,3,13-14H2,1-2H3,(H,21,22)/p+1/t15-/m0/s1. The van der Waals surface area contributed by atoms with E-state index in [1.807, 2.05) is 30.3 Å². The van der Waals surface area contributed by atoms with Crippen LogP contribution in [0, 0.1) is 0 Å². The van der Waals surface area contributed by atoms with E-state index in [0.717, 1.165) is 18.7 Å². The SMILES string of the molecule is CCc1ccc(NC(=O)CC[NH2+][C@@H](C)c2ccccc2)cc1. The topological polar surface area (TPSA) is 45.7 Å². The first-order valence-corrected chi connectivity index (χ1v) is 7.96. The Morgan fingerprint density at radius 3 is 2.41 bits per heavy atom. The summed E-state index contributed by atoms with van der Waals surface area (Å²) in [7, 11) is 0. The number of nitrogens with one attached hydrogen (secondary N) is 1. The monoisotopic (exact) mass is 297 g/mol. The highest BCUT2D eigenvalue weighted by atomic mass is 16.1. The number of hydrogen-bond acceptors (Lipinski definition) is 1. The van der Waals surface area contributed by atoms with Gasteiger partial charge in [0.2, 0.25) is 5.91 Å². The number of carbonyl (C=O) groups excluding carboxylic acids is 1. The van der Waals surface area contributed by atoms with Gasteiger partial charge in [0.1, 0.15) is 6.04 Å². The minimum absolute atomic E-state index is 0.0701. The number of nitrogens with two attached hydrogens (primary N) is 1. The lowest BCUT2D eigenvalue weighted by molar-refractivity contribution is -0.691. The van der Waals surface area contributed by atoms with Gasteiger partial charge in [0.05, 0.1) is 13.0 Å². The summed E-state index contributed by atoms with van der Waals surface area (Å²) in [6, 6.07) is 18.8. The zero-order chi connectivity index (χ0) is 15.8. The summed E-state index contributed by atoms with van der Waals surface area (Å²) in [5.74, 6) is 0.0701. The van der Waals surface area contributed by atoms with E-state index in [1.54, 1.807) is 0 Å². The van der Waals surface area contributed by atoms with Gasteiger partial charge in [-0.3, -0.25) is 4.79 Å². The van der Waals surface area contributed by atoms with E-state index in [-0.39, 0.29) is 5.91 Å². The van der Waals surface area contributed by atoms with E-state index >= 15 is 0 Å². The number of anilines is 1. The first-order chi connectivity index (χ1) is 10.7. The molecule has 1 amide bonds. The first-order valence-electron chi connectivity index (χ1n) is 7.96. The summed E-state index contributed by atoms with van der Waals surface area (Å²) in [4.78, 5) is 12.0. The van der Waals surface area contributed by atoms with Gasteiger partial charge in [0, 0.05) is 11.3 Å². The minimum atomic E-state index is 0.0701. The van der Waals surface area contributed by atoms with Crippen LogP contribution in [0.25, 0.3) is 0 Å². The van der Waals surface area contributed by atoms with Crippen molar-refractivity contribution >= 4 is 11.6 Å². The van der Waals surface area contributed by atoms with Gasteiger partial charge in [-0.15, -0.1) is 0 Å². The van der Waals surface area contributed by atoms with Crippen LogP contribution in [-0.4, -0.2) is 12.5 Å². The van der Waals surface area contributed by atoms with Gasteiger partial charge in [0.15, 0.2) is 0 Å². The van der Waals surface area contributed by atoms with Gasteiger partial charge in [-0.1, -0.05) is 49.4 Å². The average Bonchev–Trinajstić information content (AvgIpc) is 2.56. The van der Waals surface area contributed by atoms with E-state index in [4.69, 9.17) is 0 Å². The van der Waals surface area contributed by atoms with Crippen molar-refractivity contribution in [3.63, 3.8) is 0 Å². The van der Waals surface area contributed by atoms with Crippen LogP contribution in [0.2, 0.25) is 0 Å². The van der Waals surface area contributed by atoms with E-state index in [2.05, 4.69) is 48.7 Å². The highest BCUT2D eigenvalue weighted by Gasteiger charge is 2.09. The van der Waals surface area contributed by atoms with Crippen molar-refractivity contribution < 1.29 is 10.1 Å². The second-order valence-corrected chi connectivity index (χ2v) is 5.57. The number of aryl methyl sites for hydroxylation is 1. The molecule has 0 heterocycles. The Kier molecular flexibility index (Phi) is 6.16. The van der Waals surface area contributed by atoms with Gasteiger partial charge < -0.3 is 10.6 Å². The van der Waals surface area contributed by atoms with Crippen molar-refractivity contribution in [1.82, 2.24) is 0 Å². The van der Waals surface area contributed by atoms with Gasteiger partial charge >= 0.3 is 0 Å². The molecule has 0 aromatic heterocycles. The van der Waals surface area contributed by atoms with Crippen LogP contribution < -0.4 is 10.6 Å². The largest absolute Gasteiger partial charge is 0.340 e. The molecule has 2 aromatic rings. The van der Waals surface area contributed by atoms with E-state index in [9.17, 15) is 4.79 Å². The van der Waals surface area contributed by atoms with Crippen LogP contribution >= 0.6 is 0 Å². The lowest BCUT2D eigenvalue weighted by atomic mass is 10.1. The van der Waals surface area contributed by atoms with E-state index < -0.39 is 0 Å². The van der Waals surface area contributed by atoms with Gasteiger partial charge in [-0.25, -0.2) is 0 Å². The van der Waals surface area contributed by atoms with Crippen LogP contribution in [0.3, 0.4) is 0 Å². The second-order valence-electron chi connectivity index (χ2n) is 5.57. The highest BCUT2D eigenvalue weighted by molar-refractivity contribution is 5.90. The Bertz CT molecular complexity index is 578. The Hall–Kier alpha value is -2.13. The summed E-state index contributed by atoms with van der Waals surface area (Å²) < 4.78 is 0. The summed E-state index contributed by atoms with van der Waals surface area (Å²) in [5, 5.41) is 5.15. The average molecular weight is 297 g/mol. The van der Waals surface area contributed by atoms with Crippen molar-refractivity contribution in [3.8, 4) is 0 Å². The number of amides is 1. The number of carbonyl (C=O) groups is 1. The molecular weight excluding hydrogens is 272 g/mol. The third-order valence-electron chi connectivity index (χ3n) is 3.86. The molecule has 0 fully saturated rings. The molecule has 0 bridgehead atoms. The molecule has 0 radical (unpaired) electrons. The molecular formula is C19H25N2O+. The minimum Gasteiger partial charge on any atom is -0.340 e. The molecule has 0 aliphatic heterocycles. The summed E-state index contributed by atoms with van der Waals surface area (Å²) >= 11 is 0. The number of benzene rings is 2. The third-order valence-corrected chi connectivity index (χ3v) is 3.86. The summed E-state index contributed by atoms with van der Waals surface area (Å²) in [6.45, 7) is 5.07. The lowest BCUT2D eigenvalue weighted by Crippen LogP contribution is -2.85. The van der Waals surface area contributed by atoms with E-state index in [1.165, 1.54) is 11.1 Å². The molecule has 3 heteroatoms. The zero-order valence-corrected chi connectivity index (χ0v) is 13.4. The summed E-state index contributed by atoms with van der Waals surface area (Å²) in [6.07, 6.45) is 1.53. The van der Waals surface area contributed by atoms with Crippen molar-refractivity contribution in [2.45, 2.75) is 32.7 Å². The molecule has 116 valence electrons. The Balaban J connectivity index is 1.73. The Morgan fingerprint density at radius 1 is 1.09 bits per heavy atom. The quantitative estimate of drug-likeness (QED) is 0.811. The zero-order valence-electron chi connectivity index (χ0n) is 13.4. The highest BCUT2D eigenvalue weighted by Crippen LogP contribution is 2.10. The fraction of sp³-hybridized carbons (Fsp3) is 0.316. The van der Waals surface area contributed by atoms with Gasteiger partial charge in [-0.05, 0) is 31.0 Å². The Morgan fingerprint density at radius 2 is 1.77 bits per heavy atom. The lowest BCUT2D eigenvalue weighted by Gasteiger charge is -2.11. The van der Waals surface area contributed by atoms with Crippen LogP contribution in [0.1, 0.15) is 37.4 Å². The first kappa shape index (κ1) is 16.2. The normalized spacial score (nSPS) is 11.9. The van der Waals surface area contributed by atoms with E-state index in [0.29, 0.717) is 12.5 Å². The second kappa shape index (κ2) is 8.35. The molecule has 22 heavy (non-hydrogen) atoms. The van der Waals surface area contributed by atoms with Crippen LogP contribution in [-0.2, 0) is 11.2 Å². The molecule has 0 spiro atoms. The molecule has 2 aromatic carbocycles. The van der Waals surface area contributed by atoms with Crippen LogP contribution in [0.5, 0.6) is 0 Å². The third kappa shape index (κ3) is 5.01. The molecule has 0 aliphatic carbocycles. The molecule has 0 saturated heterocycles. The van der Waals surface area contributed by atoms with Crippen molar-refractivity contribution in [1.29, 1.82) is 0 Å². The molecule has 0 aliphatic rings. The fourth-order valence-electron chi connectivity index (χ4n) is 2.40. The van der Waals surface area contributed by atoms with Crippen molar-refractivity contribution in [2.24, 2.45) is 0 Å². The van der Waals surface area contributed by atoms with Gasteiger partial charge in [0.25, 0.3) is 0 Å².